The van der Waals surface area contributed by atoms with E-state index in [9.17, 15) is 18.0 Å². The maximum absolute atomic E-state index is 14.0. The Kier molecular flexibility index (Phi) is 10.7. The van der Waals surface area contributed by atoms with Crippen LogP contribution in [0.5, 0.6) is 0 Å². The summed E-state index contributed by atoms with van der Waals surface area (Å²) in [5, 5.41) is 2.99. The van der Waals surface area contributed by atoms with Gasteiger partial charge in [0.15, 0.2) is 0 Å². The molecule has 0 bridgehead atoms. The lowest BCUT2D eigenvalue weighted by Gasteiger charge is -2.34. The van der Waals surface area contributed by atoms with Crippen molar-refractivity contribution in [3.8, 4) is 0 Å². The SMILES string of the molecule is CCC(C)NC(=O)C(CC)N(Cc1cccc(C)c1)C(=O)CN(c1cc(C)ccc1C)S(=O)(=O)N(C)C. The molecule has 2 aromatic rings. The molecule has 37 heavy (non-hydrogen) atoms. The van der Waals surface area contributed by atoms with Crippen molar-refractivity contribution in [3.63, 3.8) is 0 Å². The molecular weight excluding hydrogens is 488 g/mol. The maximum Gasteiger partial charge on any atom is 0.304 e. The van der Waals surface area contributed by atoms with Crippen molar-refractivity contribution >= 4 is 27.7 Å². The van der Waals surface area contributed by atoms with Crippen LogP contribution in [0, 0.1) is 20.8 Å². The summed E-state index contributed by atoms with van der Waals surface area (Å²) in [4.78, 5) is 28.7. The monoisotopic (exact) mass is 530 g/mol. The fourth-order valence-electron chi connectivity index (χ4n) is 4.06. The summed E-state index contributed by atoms with van der Waals surface area (Å²) in [5.74, 6) is -0.689. The highest BCUT2D eigenvalue weighted by Gasteiger charge is 2.34. The van der Waals surface area contributed by atoms with Gasteiger partial charge in [0.2, 0.25) is 11.8 Å². The van der Waals surface area contributed by atoms with Crippen LogP contribution in [0.25, 0.3) is 0 Å². The van der Waals surface area contributed by atoms with E-state index in [4.69, 9.17) is 0 Å². The third-order valence-corrected chi connectivity index (χ3v) is 8.28. The van der Waals surface area contributed by atoms with Crippen LogP contribution in [-0.2, 0) is 26.3 Å². The minimum absolute atomic E-state index is 0.0435. The van der Waals surface area contributed by atoms with E-state index in [1.54, 1.807) is 6.07 Å². The molecule has 2 unspecified atom stereocenters. The van der Waals surface area contributed by atoms with E-state index in [1.807, 2.05) is 77.9 Å². The normalized spacial score (nSPS) is 13.2. The minimum atomic E-state index is -4.00. The summed E-state index contributed by atoms with van der Waals surface area (Å²) in [6.45, 7) is 11.2. The zero-order valence-corrected chi connectivity index (χ0v) is 24.2. The second-order valence-electron chi connectivity index (χ2n) is 9.84. The maximum atomic E-state index is 14.0. The van der Waals surface area contributed by atoms with E-state index in [2.05, 4.69) is 5.32 Å². The van der Waals surface area contributed by atoms with Gasteiger partial charge in [-0.15, -0.1) is 0 Å². The van der Waals surface area contributed by atoms with Crippen molar-refractivity contribution < 1.29 is 18.0 Å². The number of benzene rings is 2. The molecule has 2 amide bonds. The number of nitrogens with zero attached hydrogens (tertiary/aromatic N) is 3. The Hall–Kier alpha value is -2.91. The molecule has 0 heterocycles. The second-order valence-corrected chi connectivity index (χ2v) is 11.9. The van der Waals surface area contributed by atoms with Gasteiger partial charge in [-0.2, -0.15) is 12.7 Å². The number of nitrogens with one attached hydrogen (secondary N) is 1. The van der Waals surface area contributed by atoms with Crippen LogP contribution in [0.4, 0.5) is 5.69 Å². The quantitative estimate of drug-likeness (QED) is 0.450. The highest BCUT2D eigenvalue weighted by molar-refractivity contribution is 7.90. The third kappa shape index (κ3) is 7.79. The zero-order chi connectivity index (χ0) is 27.9. The van der Waals surface area contributed by atoms with E-state index in [1.165, 1.54) is 19.0 Å². The van der Waals surface area contributed by atoms with Gasteiger partial charge < -0.3 is 10.2 Å². The van der Waals surface area contributed by atoms with E-state index in [-0.39, 0.29) is 18.5 Å². The van der Waals surface area contributed by atoms with Crippen LogP contribution in [0.3, 0.4) is 0 Å². The minimum Gasteiger partial charge on any atom is -0.352 e. The van der Waals surface area contributed by atoms with Gasteiger partial charge in [-0.3, -0.25) is 9.59 Å². The third-order valence-electron chi connectivity index (χ3n) is 6.47. The first kappa shape index (κ1) is 30.3. The van der Waals surface area contributed by atoms with Gasteiger partial charge in [0.05, 0.1) is 5.69 Å². The van der Waals surface area contributed by atoms with Crippen LogP contribution >= 0.6 is 0 Å². The van der Waals surface area contributed by atoms with E-state index in [0.29, 0.717) is 12.1 Å². The molecule has 2 atom stereocenters. The van der Waals surface area contributed by atoms with Crippen molar-refractivity contribution in [3.05, 3.63) is 64.7 Å². The molecule has 0 aromatic heterocycles. The molecule has 0 fully saturated rings. The Bertz CT molecular complexity index is 1200. The van der Waals surface area contributed by atoms with Crippen LogP contribution in [0.2, 0.25) is 0 Å². The molecular formula is C28H42N4O4S. The molecule has 8 nitrogen and oxygen atoms in total. The summed E-state index contributed by atoms with van der Waals surface area (Å²) in [6.07, 6.45) is 1.15. The van der Waals surface area contributed by atoms with Crippen LogP contribution in [-0.4, -0.2) is 62.2 Å². The lowest BCUT2D eigenvalue weighted by atomic mass is 10.1. The number of hydrogen-bond donors (Lipinski definition) is 1. The van der Waals surface area contributed by atoms with Crippen LogP contribution in [0.15, 0.2) is 42.5 Å². The number of hydrogen-bond acceptors (Lipinski definition) is 4. The molecule has 0 spiro atoms. The van der Waals surface area contributed by atoms with E-state index < -0.39 is 28.7 Å². The fraction of sp³-hybridized carbons (Fsp3) is 0.500. The number of anilines is 1. The lowest BCUT2D eigenvalue weighted by Crippen LogP contribution is -2.54. The smallest absolute Gasteiger partial charge is 0.304 e. The zero-order valence-electron chi connectivity index (χ0n) is 23.4. The molecule has 204 valence electrons. The van der Waals surface area contributed by atoms with Gasteiger partial charge in [-0.05, 0) is 63.3 Å². The Morgan fingerprint density at radius 2 is 1.59 bits per heavy atom. The highest BCUT2D eigenvalue weighted by Crippen LogP contribution is 2.26. The van der Waals surface area contributed by atoms with Crippen LogP contribution in [0.1, 0.15) is 55.9 Å². The van der Waals surface area contributed by atoms with Gasteiger partial charge in [0, 0.05) is 26.7 Å². The Labute approximate surface area is 222 Å². The summed E-state index contributed by atoms with van der Waals surface area (Å²) in [5.41, 5.74) is 3.96. The molecule has 0 aliphatic carbocycles. The summed E-state index contributed by atoms with van der Waals surface area (Å²) < 4.78 is 29.1. The number of aryl methyl sites for hydroxylation is 3. The molecule has 9 heteroatoms. The van der Waals surface area contributed by atoms with Gasteiger partial charge in [0.1, 0.15) is 12.6 Å². The van der Waals surface area contributed by atoms with Gasteiger partial charge in [-0.1, -0.05) is 55.8 Å². The highest BCUT2D eigenvalue weighted by atomic mass is 32.2. The molecule has 0 saturated heterocycles. The van der Waals surface area contributed by atoms with Crippen molar-refractivity contribution in [1.82, 2.24) is 14.5 Å². The van der Waals surface area contributed by atoms with Crippen molar-refractivity contribution in [2.45, 2.75) is 73.0 Å². The predicted molar refractivity (Wildman–Crippen MR) is 150 cm³/mol. The number of carbonyl (C=O) groups is 2. The second kappa shape index (κ2) is 13.1. The van der Waals surface area contributed by atoms with Crippen molar-refractivity contribution in [2.24, 2.45) is 0 Å². The Morgan fingerprint density at radius 1 is 0.946 bits per heavy atom. The number of carbonyl (C=O) groups excluding carboxylic acids is 2. The number of amides is 2. The van der Waals surface area contributed by atoms with E-state index >= 15 is 0 Å². The van der Waals surface area contributed by atoms with Gasteiger partial charge in [0.25, 0.3) is 0 Å². The molecule has 0 radical (unpaired) electrons. The molecule has 2 aromatic carbocycles. The predicted octanol–water partition coefficient (Wildman–Crippen LogP) is 3.95. The van der Waals surface area contributed by atoms with Gasteiger partial charge >= 0.3 is 10.2 Å². The summed E-state index contributed by atoms with van der Waals surface area (Å²) >= 11 is 0. The fourth-order valence-corrected chi connectivity index (χ4v) is 5.17. The first-order valence-corrected chi connectivity index (χ1v) is 14.1. The summed E-state index contributed by atoms with van der Waals surface area (Å²) in [6, 6.07) is 12.5. The first-order valence-electron chi connectivity index (χ1n) is 12.7. The molecule has 0 aliphatic heterocycles. The lowest BCUT2D eigenvalue weighted by molar-refractivity contribution is -0.140. The first-order chi connectivity index (χ1) is 17.3. The van der Waals surface area contributed by atoms with Crippen molar-refractivity contribution in [1.29, 1.82) is 0 Å². The Morgan fingerprint density at radius 3 is 2.16 bits per heavy atom. The standard InChI is InChI=1S/C28H42N4O4S/c1-9-23(6)29-28(34)25(10-2)31(18-24-13-11-12-20(3)16-24)27(33)19-32(37(35,36)30(7)8)26-17-21(4)14-15-22(26)5/h11-17,23,25H,9-10,18-19H2,1-8H3,(H,29,34). The average Bonchev–Trinajstić information content (AvgIpc) is 2.83. The summed E-state index contributed by atoms with van der Waals surface area (Å²) in [7, 11) is -1.11. The molecule has 2 rings (SSSR count). The number of rotatable bonds is 12. The molecule has 1 N–H and O–H groups in total. The van der Waals surface area contributed by atoms with Crippen LogP contribution < -0.4 is 9.62 Å². The Balaban J connectivity index is 2.56. The van der Waals surface area contributed by atoms with Crippen molar-refractivity contribution in [2.75, 3.05) is 24.9 Å². The molecule has 0 aliphatic rings. The van der Waals surface area contributed by atoms with Gasteiger partial charge in [-0.25, -0.2) is 4.31 Å². The topological polar surface area (TPSA) is 90.0 Å². The van der Waals surface area contributed by atoms with E-state index in [0.717, 1.165) is 37.3 Å². The average molecular weight is 531 g/mol. The molecule has 0 saturated carbocycles. The largest absolute Gasteiger partial charge is 0.352 e.